The van der Waals surface area contributed by atoms with Crippen LogP contribution in [0.2, 0.25) is 0 Å². The van der Waals surface area contributed by atoms with Crippen LogP contribution in [-0.4, -0.2) is 17.0 Å². The van der Waals surface area contributed by atoms with E-state index in [1.807, 2.05) is 0 Å². The number of hydrogen-bond donors (Lipinski definition) is 3. The van der Waals surface area contributed by atoms with E-state index in [9.17, 15) is 9.59 Å². The van der Waals surface area contributed by atoms with E-state index in [2.05, 4.69) is 0 Å². The lowest BCUT2D eigenvalue weighted by Gasteiger charge is -2.01. The molecule has 0 spiro atoms. The fraction of sp³-hybridized carbons (Fsp3) is 0. The van der Waals surface area contributed by atoms with E-state index in [-0.39, 0.29) is 5.56 Å². The van der Waals surface area contributed by atoms with Gasteiger partial charge in [0.15, 0.2) is 0 Å². The number of benzene rings is 1. The zero-order valence-corrected chi connectivity index (χ0v) is 7.81. The van der Waals surface area contributed by atoms with Crippen LogP contribution in [0.1, 0.15) is 15.9 Å². The molecule has 0 radical (unpaired) electrons. The molecule has 0 fully saturated rings. The number of anilines is 1. The lowest BCUT2D eigenvalue weighted by atomic mass is 10.1. The van der Waals surface area contributed by atoms with Crippen LogP contribution in [0.4, 0.5) is 5.69 Å². The number of nitrogen functional groups attached to an aromatic ring is 1. The SMILES string of the molecule is NC(=O)C=Cc1cc(C(=O)O)ccc1N. The van der Waals surface area contributed by atoms with Gasteiger partial charge in [-0.25, -0.2) is 4.79 Å². The standard InChI is InChI=1S/C10H10N2O3/c11-8-3-1-7(10(14)15)5-6(8)2-4-9(12)13/h1-5H,11H2,(H2,12,13)(H,14,15). The summed E-state index contributed by atoms with van der Waals surface area (Å²) < 4.78 is 0. The van der Waals surface area contributed by atoms with E-state index in [1.54, 1.807) is 0 Å². The minimum absolute atomic E-state index is 0.105. The van der Waals surface area contributed by atoms with Gasteiger partial charge in [0.25, 0.3) is 0 Å². The summed E-state index contributed by atoms with van der Waals surface area (Å²) in [5.74, 6) is -1.67. The Morgan fingerprint density at radius 2 is 2.00 bits per heavy atom. The van der Waals surface area contributed by atoms with Gasteiger partial charge in [0, 0.05) is 11.8 Å². The van der Waals surface area contributed by atoms with Crippen molar-refractivity contribution < 1.29 is 14.7 Å². The van der Waals surface area contributed by atoms with E-state index in [4.69, 9.17) is 16.6 Å². The van der Waals surface area contributed by atoms with Gasteiger partial charge in [-0.05, 0) is 29.8 Å². The Labute approximate surface area is 86.0 Å². The van der Waals surface area contributed by atoms with E-state index < -0.39 is 11.9 Å². The van der Waals surface area contributed by atoms with Crippen molar-refractivity contribution in [3.63, 3.8) is 0 Å². The van der Waals surface area contributed by atoms with Crippen LogP contribution in [0.5, 0.6) is 0 Å². The van der Waals surface area contributed by atoms with Crippen molar-refractivity contribution in [1.29, 1.82) is 0 Å². The predicted octanol–water partition coefficient (Wildman–Crippen LogP) is 0.466. The van der Waals surface area contributed by atoms with E-state index in [1.165, 1.54) is 24.3 Å². The van der Waals surface area contributed by atoms with E-state index in [0.29, 0.717) is 11.3 Å². The van der Waals surface area contributed by atoms with Crippen LogP contribution in [0.25, 0.3) is 6.08 Å². The first-order valence-corrected chi connectivity index (χ1v) is 4.11. The van der Waals surface area contributed by atoms with Crippen molar-refractivity contribution in [2.75, 3.05) is 5.73 Å². The molecular formula is C10H10N2O3. The van der Waals surface area contributed by atoms with Gasteiger partial charge in [-0.2, -0.15) is 0 Å². The molecule has 0 atom stereocenters. The van der Waals surface area contributed by atoms with Crippen LogP contribution in [0.3, 0.4) is 0 Å². The third kappa shape index (κ3) is 2.84. The van der Waals surface area contributed by atoms with Crippen molar-refractivity contribution in [2.45, 2.75) is 0 Å². The van der Waals surface area contributed by atoms with Gasteiger partial charge >= 0.3 is 5.97 Å². The lowest BCUT2D eigenvalue weighted by Crippen LogP contribution is -2.05. The summed E-state index contributed by atoms with van der Waals surface area (Å²) in [5, 5.41) is 8.72. The first kappa shape index (κ1) is 10.8. The Hall–Kier alpha value is -2.30. The molecule has 0 aliphatic carbocycles. The van der Waals surface area contributed by atoms with Gasteiger partial charge in [0.05, 0.1) is 5.56 Å². The van der Waals surface area contributed by atoms with Crippen molar-refractivity contribution in [3.05, 3.63) is 35.4 Å². The van der Waals surface area contributed by atoms with Crippen LogP contribution in [0.15, 0.2) is 24.3 Å². The molecule has 0 aliphatic heterocycles. The summed E-state index contributed by atoms with van der Waals surface area (Å²) in [7, 11) is 0. The summed E-state index contributed by atoms with van der Waals surface area (Å²) >= 11 is 0. The highest BCUT2D eigenvalue weighted by Gasteiger charge is 2.04. The molecule has 0 aromatic heterocycles. The largest absolute Gasteiger partial charge is 0.478 e. The smallest absolute Gasteiger partial charge is 0.335 e. The average Bonchev–Trinajstić information content (AvgIpc) is 2.16. The minimum atomic E-state index is -1.05. The fourth-order valence-electron chi connectivity index (χ4n) is 1.02. The van der Waals surface area contributed by atoms with Gasteiger partial charge in [0.1, 0.15) is 0 Å². The van der Waals surface area contributed by atoms with Crippen molar-refractivity contribution in [3.8, 4) is 0 Å². The second-order valence-corrected chi connectivity index (χ2v) is 2.88. The summed E-state index contributed by atoms with van der Waals surface area (Å²) in [6, 6.07) is 4.22. The zero-order valence-electron chi connectivity index (χ0n) is 7.81. The normalized spacial score (nSPS) is 10.4. The second kappa shape index (κ2) is 4.28. The maximum Gasteiger partial charge on any atom is 0.335 e. The number of rotatable bonds is 3. The van der Waals surface area contributed by atoms with E-state index >= 15 is 0 Å². The monoisotopic (exact) mass is 206 g/mol. The Bertz CT molecular complexity index is 438. The van der Waals surface area contributed by atoms with Crippen molar-refractivity contribution in [1.82, 2.24) is 0 Å². The number of hydrogen-bond acceptors (Lipinski definition) is 3. The molecule has 1 aromatic rings. The molecule has 15 heavy (non-hydrogen) atoms. The molecule has 1 aromatic carbocycles. The molecule has 5 nitrogen and oxygen atoms in total. The molecule has 0 aliphatic rings. The van der Waals surface area contributed by atoms with Gasteiger partial charge in [-0.15, -0.1) is 0 Å². The summed E-state index contributed by atoms with van der Waals surface area (Å²) in [6.45, 7) is 0. The van der Waals surface area contributed by atoms with Crippen LogP contribution >= 0.6 is 0 Å². The molecule has 0 heterocycles. The quantitative estimate of drug-likeness (QED) is 0.493. The summed E-state index contributed by atoms with van der Waals surface area (Å²) in [6.07, 6.45) is 2.50. The first-order valence-electron chi connectivity index (χ1n) is 4.11. The minimum Gasteiger partial charge on any atom is -0.478 e. The molecule has 0 saturated heterocycles. The summed E-state index contributed by atoms with van der Waals surface area (Å²) in [5.41, 5.74) is 11.4. The number of aromatic carboxylic acids is 1. The third-order valence-electron chi connectivity index (χ3n) is 1.76. The predicted molar refractivity (Wildman–Crippen MR) is 56.0 cm³/mol. The number of carboxylic acids is 1. The molecule has 78 valence electrons. The van der Waals surface area contributed by atoms with Gasteiger partial charge < -0.3 is 16.6 Å². The lowest BCUT2D eigenvalue weighted by molar-refractivity contribution is -0.113. The van der Waals surface area contributed by atoms with Crippen molar-refractivity contribution >= 4 is 23.6 Å². The molecule has 1 rings (SSSR count). The molecule has 1 amide bonds. The maximum absolute atomic E-state index is 10.6. The van der Waals surface area contributed by atoms with Gasteiger partial charge in [0.2, 0.25) is 5.91 Å². The van der Waals surface area contributed by atoms with E-state index in [0.717, 1.165) is 6.08 Å². The first-order chi connectivity index (χ1) is 7.00. The van der Waals surface area contributed by atoms with Crippen LogP contribution in [0, 0.1) is 0 Å². The third-order valence-corrected chi connectivity index (χ3v) is 1.76. The number of carbonyl (C=O) groups is 2. The molecule has 0 saturated carbocycles. The number of carboxylic acid groups (broad SMARTS) is 1. The van der Waals surface area contributed by atoms with Gasteiger partial charge in [-0.3, -0.25) is 4.79 Å². The Morgan fingerprint density at radius 1 is 1.33 bits per heavy atom. The Balaban J connectivity index is 3.11. The van der Waals surface area contributed by atoms with Crippen LogP contribution < -0.4 is 11.5 Å². The number of amides is 1. The Kier molecular flexibility index (Phi) is 3.07. The topological polar surface area (TPSA) is 106 Å². The maximum atomic E-state index is 10.6. The summed E-state index contributed by atoms with van der Waals surface area (Å²) in [4.78, 5) is 21.1. The Morgan fingerprint density at radius 3 is 2.53 bits per heavy atom. The highest BCUT2D eigenvalue weighted by atomic mass is 16.4. The number of primary amides is 1. The fourth-order valence-corrected chi connectivity index (χ4v) is 1.02. The zero-order chi connectivity index (χ0) is 11.4. The molecular weight excluding hydrogens is 196 g/mol. The number of carbonyl (C=O) groups excluding carboxylic acids is 1. The molecule has 5 heteroatoms. The highest BCUT2D eigenvalue weighted by Crippen LogP contribution is 2.15. The van der Waals surface area contributed by atoms with Crippen molar-refractivity contribution in [2.24, 2.45) is 5.73 Å². The van der Waals surface area contributed by atoms with Crippen LogP contribution in [-0.2, 0) is 4.79 Å². The molecule has 0 unspecified atom stereocenters. The second-order valence-electron chi connectivity index (χ2n) is 2.88. The highest BCUT2D eigenvalue weighted by molar-refractivity contribution is 5.93. The molecule has 5 N–H and O–H groups in total. The molecule has 0 bridgehead atoms. The van der Waals surface area contributed by atoms with Gasteiger partial charge in [-0.1, -0.05) is 0 Å². The number of nitrogens with two attached hydrogens (primary N) is 2. The average molecular weight is 206 g/mol.